The molecule has 2 atom stereocenters. The van der Waals surface area contributed by atoms with Gasteiger partial charge in [0.05, 0.1) is 0 Å². The van der Waals surface area contributed by atoms with Crippen molar-refractivity contribution in [2.45, 2.75) is 65.6 Å². The van der Waals surface area contributed by atoms with Gasteiger partial charge >= 0.3 is 0 Å². The molecule has 1 aliphatic rings. The molecule has 0 saturated carbocycles. The highest BCUT2D eigenvalue weighted by Gasteiger charge is 2.28. The first-order valence-corrected chi connectivity index (χ1v) is 7.79. The van der Waals surface area contributed by atoms with Crippen LogP contribution < -0.4 is 5.32 Å². The highest BCUT2D eigenvalue weighted by atomic mass is 15.3. The Morgan fingerprint density at radius 3 is 2.44 bits per heavy atom. The minimum atomic E-state index is 0.610. The molecule has 3 heteroatoms. The van der Waals surface area contributed by atoms with Crippen LogP contribution in [0.1, 0.15) is 47.5 Å². The molecule has 0 bridgehead atoms. The number of likely N-dealkylation sites (tertiary alicyclic amines) is 1. The minimum Gasteiger partial charge on any atom is -0.314 e. The second kappa shape index (κ2) is 8.13. The van der Waals surface area contributed by atoms with E-state index >= 15 is 0 Å². The molecule has 1 rings (SSSR count). The molecule has 3 nitrogen and oxygen atoms in total. The standard InChI is InChI=1S/C15H33N3/c1-6-17(7-2)15-9-11-18(12-15)14(5)8-10-16-13(3)4/h13-16H,6-12H2,1-5H3. The third-order valence-corrected chi connectivity index (χ3v) is 4.26. The zero-order valence-electron chi connectivity index (χ0n) is 13.1. The van der Waals surface area contributed by atoms with Gasteiger partial charge in [0.1, 0.15) is 0 Å². The summed E-state index contributed by atoms with van der Waals surface area (Å²) in [6, 6.07) is 2.12. The monoisotopic (exact) mass is 255 g/mol. The number of nitrogens with zero attached hydrogens (tertiary/aromatic N) is 2. The zero-order valence-corrected chi connectivity index (χ0v) is 13.1. The van der Waals surface area contributed by atoms with Crippen molar-refractivity contribution in [3.05, 3.63) is 0 Å². The first kappa shape index (κ1) is 15.9. The Bertz CT molecular complexity index is 214. The first-order valence-electron chi connectivity index (χ1n) is 7.79. The summed E-state index contributed by atoms with van der Waals surface area (Å²) < 4.78 is 0. The van der Waals surface area contributed by atoms with Crippen LogP contribution in [-0.4, -0.2) is 60.6 Å². The Balaban J connectivity index is 2.27. The summed E-state index contributed by atoms with van der Waals surface area (Å²) in [6.07, 6.45) is 2.62. The lowest BCUT2D eigenvalue weighted by Crippen LogP contribution is -2.40. The van der Waals surface area contributed by atoms with Gasteiger partial charge in [0.15, 0.2) is 0 Å². The molecule has 1 aliphatic heterocycles. The predicted octanol–water partition coefficient (Wildman–Crippen LogP) is 2.18. The van der Waals surface area contributed by atoms with Crippen LogP contribution in [0.3, 0.4) is 0 Å². The molecule has 18 heavy (non-hydrogen) atoms. The Hall–Kier alpha value is -0.120. The summed E-state index contributed by atoms with van der Waals surface area (Å²) in [5.41, 5.74) is 0. The van der Waals surface area contributed by atoms with Crippen molar-refractivity contribution in [3.63, 3.8) is 0 Å². The fraction of sp³-hybridized carbons (Fsp3) is 1.00. The zero-order chi connectivity index (χ0) is 13.5. The average molecular weight is 255 g/mol. The van der Waals surface area contributed by atoms with Crippen molar-refractivity contribution in [2.75, 3.05) is 32.7 Å². The smallest absolute Gasteiger partial charge is 0.0235 e. The predicted molar refractivity (Wildman–Crippen MR) is 80.1 cm³/mol. The highest BCUT2D eigenvalue weighted by molar-refractivity contribution is 4.85. The fourth-order valence-corrected chi connectivity index (χ4v) is 2.97. The molecule has 0 aromatic carbocycles. The van der Waals surface area contributed by atoms with Crippen LogP contribution in [0.2, 0.25) is 0 Å². The summed E-state index contributed by atoms with van der Waals surface area (Å²) in [5.74, 6) is 0. The van der Waals surface area contributed by atoms with Gasteiger partial charge < -0.3 is 5.32 Å². The maximum Gasteiger partial charge on any atom is 0.0235 e. The summed E-state index contributed by atoms with van der Waals surface area (Å²) in [7, 11) is 0. The Morgan fingerprint density at radius 1 is 1.22 bits per heavy atom. The van der Waals surface area contributed by atoms with Crippen molar-refractivity contribution in [1.82, 2.24) is 15.1 Å². The van der Waals surface area contributed by atoms with E-state index in [1.165, 1.54) is 39.0 Å². The summed E-state index contributed by atoms with van der Waals surface area (Å²) in [5, 5.41) is 3.52. The number of nitrogens with one attached hydrogen (secondary N) is 1. The van der Waals surface area contributed by atoms with Crippen LogP contribution in [-0.2, 0) is 0 Å². The molecule has 2 unspecified atom stereocenters. The van der Waals surface area contributed by atoms with Gasteiger partial charge in [0.25, 0.3) is 0 Å². The van der Waals surface area contributed by atoms with Gasteiger partial charge in [-0.05, 0) is 39.4 Å². The lowest BCUT2D eigenvalue weighted by atomic mass is 10.2. The summed E-state index contributed by atoms with van der Waals surface area (Å²) in [4.78, 5) is 5.28. The van der Waals surface area contributed by atoms with Gasteiger partial charge in [0, 0.05) is 31.2 Å². The van der Waals surface area contributed by atoms with E-state index in [1.54, 1.807) is 0 Å². The molecule has 0 spiro atoms. The van der Waals surface area contributed by atoms with E-state index in [-0.39, 0.29) is 0 Å². The first-order chi connectivity index (χ1) is 8.58. The van der Waals surface area contributed by atoms with Crippen LogP contribution in [0.15, 0.2) is 0 Å². The van der Waals surface area contributed by atoms with Crippen LogP contribution in [0.25, 0.3) is 0 Å². The van der Waals surface area contributed by atoms with E-state index in [9.17, 15) is 0 Å². The van der Waals surface area contributed by atoms with Crippen molar-refractivity contribution in [3.8, 4) is 0 Å². The Kier molecular flexibility index (Phi) is 7.20. The quantitative estimate of drug-likeness (QED) is 0.717. The number of likely N-dealkylation sites (N-methyl/N-ethyl adjacent to an activating group) is 1. The van der Waals surface area contributed by atoms with Gasteiger partial charge in [-0.2, -0.15) is 0 Å². The van der Waals surface area contributed by atoms with Crippen LogP contribution in [0, 0.1) is 0 Å². The molecule has 1 heterocycles. The van der Waals surface area contributed by atoms with Gasteiger partial charge in [-0.15, -0.1) is 0 Å². The van der Waals surface area contributed by atoms with E-state index in [0.29, 0.717) is 6.04 Å². The topological polar surface area (TPSA) is 18.5 Å². The minimum absolute atomic E-state index is 0.610. The second-order valence-corrected chi connectivity index (χ2v) is 5.91. The molecule has 1 N–H and O–H groups in total. The molecular formula is C15H33N3. The molecule has 0 aliphatic carbocycles. The SMILES string of the molecule is CCN(CC)C1CCN(C(C)CCNC(C)C)C1. The van der Waals surface area contributed by atoms with Crippen molar-refractivity contribution in [2.24, 2.45) is 0 Å². The van der Waals surface area contributed by atoms with Crippen molar-refractivity contribution < 1.29 is 0 Å². The highest BCUT2D eigenvalue weighted by Crippen LogP contribution is 2.18. The van der Waals surface area contributed by atoms with Crippen LogP contribution >= 0.6 is 0 Å². The lowest BCUT2D eigenvalue weighted by Gasteiger charge is -2.28. The largest absolute Gasteiger partial charge is 0.314 e. The van der Waals surface area contributed by atoms with Crippen molar-refractivity contribution in [1.29, 1.82) is 0 Å². The molecule has 0 aromatic rings. The molecule has 0 amide bonds. The molecular weight excluding hydrogens is 222 g/mol. The Morgan fingerprint density at radius 2 is 1.89 bits per heavy atom. The summed E-state index contributed by atoms with van der Waals surface area (Å²) >= 11 is 0. The molecule has 0 aromatic heterocycles. The molecule has 1 saturated heterocycles. The Labute approximate surface area is 114 Å². The van der Waals surface area contributed by atoms with Crippen molar-refractivity contribution >= 4 is 0 Å². The maximum absolute atomic E-state index is 3.52. The van der Waals surface area contributed by atoms with E-state index in [0.717, 1.165) is 18.6 Å². The summed E-state index contributed by atoms with van der Waals surface area (Å²) in [6.45, 7) is 17.5. The second-order valence-electron chi connectivity index (χ2n) is 5.91. The van der Waals surface area contributed by atoms with Gasteiger partial charge in [0.2, 0.25) is 0 Å². The van der Waals surface area contributed by atoms with Crippen LogP contribution in [0.4, 0.5) is 0 Å². The van der Waals surface area contributed by atoms with E-state index in [1.807, 2.05) is 0 Å². The number of rotatable bonds is 8. The third-order valence-electron chi connectivity index (χ3n) is 4.26. The van der Waals surface area contributed by atoms with E-state index < -0.39 is 0 Å². The molecule has 0 radical (unpaired) electrons. The van der Waals surface area contributed by atoms with Gasteiger partial charge in [-0.3, -0.25) is 9.80 Å². The lowest BCUT2D eigenvalue weighted by molar-refractivity contribution is 0.188. The van der Waals surface area contributed by atoms with Crippen LogP contribution in [0.5, 0.6) is 0 Å². The number of hydrogen-bond acceptors (Lipinski definition) is 3. The maximum atomic E-state index is 3.52. The molecule has 108 valence electrons. The third kappa shape index (κ3) is 4.87. The van der Waals surface area contributed by atoms with Gasteiger partial charge in [-0.25, -0.2) is 0 Å². The number of hydrogen-bond donors (Lipinski definition) is 1. The normalized spacial score (nSPS) is 23.2. The van der Waals surface area contributed by atoms with Gasteiger partial charge in [-0.1, -0.05) is 27.7 Å². The van der Waals surface area contributed by atoms with E-state index in [4.69, 9.17) is 0 Å². The average Bonchev–Trinajstić information content (AvgIpc) is 2.79. The molecule has 1 fully saturated rings. The fourth-order valence-electron chi connectivity index (χ4n) is 2.97. The van der Waals surface area contributed by atoms with E-state index in [2.05, 4.69) is 49.7 Å².